The van der Waals surface area contributed by atoms with Gasteiger partial charge in [-0.1, -0.05) is 46.3 Å². The van der Waals surface area contributed by atoms with Gasteiger partial charge in [0.15, 0.2) is 0 Å². The van der Waals surface area contributed by atoms with Crippen LogP contribution in [0.1, 0.15) is 24.2 Å². The van der Waals surface area contributed by atoms with Crippen molar-refractivity contribution in [2.75, 3.05) is 15.9 Å². The molecule has 0 saturated carbocycles. The van der Waals surface area contributed by atoms with E-state index in [0.29, 0.717) is 12.0 Å². The first kappa shape index (κ1) is 14.7. The van der Waals surface area contributed by atoms with Gasteiger partial charge in [-0.3, -0.25) is 5.73 Å². The lowest BCUT2D eigenvalue weighted by atomic mass is 10.2. The number of aromatic nitrogens is 2. The second-order valence-electron chi connectivity index (χ2n) is 3.68. The summed E-state index contributed by atoms with van der Waals surface area (Å²) in [6, 6.07) is 0.518. The zero-order chi connectivity index (χ0) is 11.0. The number of halogens is 2. The predicted molar refractivity (Wildman–Crippen MR) is 71.6 cm³/mol. The fourth-order valence-electron chi connectivity index (χ4n) is 1.98. The number of nitrogen functional groups attached to an aromatic ring is 1. The van der Waals surface area contributed by atoms with Crippen LogP contribution in [-0.2, 0) is 6.42 Å². The van der Waals surface area contributed by atoms with Crippen LogP contribution in [0.5, 0.6) is 0 Å². The lowest BCUT2D eigenvalue weighted by Crippen LogP contribution is -3.00. The molecule has 6 heteroatoms. The van der Waals surface area contributed by atoms with Gasteiger partial charge in [-0.15, -0.1) is 0 Å². The smallest absolute Gasteiger partial charge is 0.390 e. The van der Waals surface area contributed by atoms with Gasteiger partial charge >= 0.3 is 5.95 Å². The maximum atomic E-state index is 6.00. The number of hydrogen-bond acceptors (Lipinski definition) is 3. The minimum Gasteiger partial charge on any atom is -1.00 e. The fraction of sp³-hybridized carbons (Fsp3) is 0.600. The summed E-state index contributed by atoms with van der Waals surface area (Å²) < 4.78 is 3.31. The highest BCUT2D eigenvalue weighted by Crippen LogP contribution is 2.32. The van der Waals surface area contributed by atoms with E-state index in [1.165, 1.54) is 10.6 Å². The van der Waals surface area contributed by atoms with Gasteiger partial charge in [-0.05, 0) is 13.3 Å². The van der Waals surface area contributed by atoms with E-state index in [0.717, 1.165) is 22.3 Å². The molecule has 0 saturated heterocycles. The lowest BCUT2D eigenvalue weighted by molar-refractivity contribution is -0.731. The van der Waals surface area contributed by atoms with Crippen LogP contribution < -0.4 is 34.3 Å². The van der Waals surface area contributed by atoms with E-state index in [9.17, 15) is 0 Å². The topological polar surface area (TPSA) is 42.8 Å². The molecule has 90 valence electrons. The maximum absolute atomic E-state index is 6.00. The number of nitrogens with zero attached hydrogens (tertiary/aromatic N) is 2. The summed E-state index contributed by atoms with van der Waals surface area (Å²) in [6.45, 7) is 4.23. The molecule has 0 aromatic carbocycles. The molecule has 0 amide bonds. The van der Waals surface area contributed by atoms with E-state index < -0.39 is 0 Å². The molecule has 1 aromatic rings. The summed E-state index contributed by atoms with van der Waals surface area (Å²) in [6.07, 6.45) is 1.04. The standard InChI is InChI=1S/C10H14IN3S.HI/c1-3-8-6(2)13-10(12)14-7(4-11)5-15-9(8)14;/h7,12H,3-5H2,1-2H3;1H. The van der Waals surface area contributed by atoms with E-state index in [1.54, 1.807) is 0 Å². The third kappa shape index (κ3) is 2.43. The van der Waals surface area contributed by atoms with Crippen molar-refractivity contribution in [3.05, 3.63) is 11.3 Å². The first-order valence-corrected chi connectivity index (χ1v) is 7.59. The largest absolute Gasteiger partial charge is 1.00 e. The quantitative estimate of drug-likeness (QED) is 0.263. The number of nitrogens with two attached hydrogens (primary N) is 1. The Morgan fingerprint density at radius 2 is 2.31 bits per heavy atom. The molecular formula is C10H15I2N3S. The molecule has 0 aliphatic carbocycles. The maximum Gasteiger partial charge on any atom is 0.390 e. The van der Waals surface area contributed by atoms with Crippen LogP contribution in [0, 0.1) is 6.92 Å². The molecule has 1 unspecified atom stereocenters. The molecule has 1 aliphatic heterocycles. The van der Waals surface area contributed by atoms with Crippen LogP contribution in [-0.4, -0.2) is 15.2 Å². The molecule has 1 aliphatic rings. The van der Waals surface area contributed by atoms with Crippen LogP contribution in [0.15, 0.2) is 5.03 Å². The van der Waals surface area contributed by atoms with Crippen LogP contribution >= 0.6 is 34.4 Å². The average molecular weight is 463 g/mol. The first-order valence-electron chi connectivity index (χ1n) is 5.08. The van der Waals surface area contributed by atoms with Gasteiger partial charge in [0.1, 0.15) is 16.8 Å². The van der Waals surface area contributed by atoms with Gasteiger partial charge in [0.25, 0.3) is 0 Å². The van der Waals surface area contributed by atoms with Crippen molar-refractivity contribution in [3.63, 3.8) is 0 Å². The van der Waals surface area contributed by atoms with Crippen LogP contribution in [0.3, 0.4) is 0 Å². The van der Waals surface area contributed by atoms with Gasteiger partial charge in [-0.2, -0.15) is 0 Å². The number of fused-ring (bicyclic) bond motifs is 1. The van der Waals surface area contributed by atoms with Gasteiger partial charge in [-0.25, -0.2) is 4.57 Å². The van der Waals surface area contributed by atoms with Crippen molar-refractivity contribution in [2.45, 2.75) is 31.3 Å². The number of aryl methyl sites for hydroxylation is 1. The first-order chi connectivity index (χ1) is 7.19. The summed E-state index contributed by atoms with van der Waals surface area (Å²) in [4.78, 5) is 4.44. The fourth-order valence-corrected chi connectivity index (χ4v) is 4.57. The molecule has 0 fully saturated rings. The van der Waals surface area contributed by atoms with Gasteiger partial charge in [0.2, 0.25) is 0 Å². The Kier molecular flexibility index (Phi) is 5.56. The van der Waals surface area contributed by atoms with Crippen molar-refractivity contribution in [1.82, 2.24) is 4.98 Å². The second kappa shape index (κ2) is 6.03. The number of anilines is 1. The van der Waals surface area contributed by atoms with E-state index in [1.807, 2.05) is 18.7 Å². The monoisotopic (exact) mass is 463 g/mol. The number of thioether (sulfide) groups is 1. The minimum atomic E-state index is 0. The van der Waals surface area contributed by atoms with Crippen molar-refractivity contribution >= 4 is 40.3 Å². The summed E-state index contributed by atoms with van der Waals surface area (Å²) in [5.74, 6) is 1.80. The van der Waals surface area contributed by atoms with Gasteiger partial charge in [0, 0.05) is 15.7 Å². The molecule has 0 radical (unpaired) electrons. The van der Waals surface area contributed by atoms with Crippen molar-refractivity contribution in [3.8, 4) is 0 Å². The van der Waals surface area contributed by atoms with Crippen molar-refractivity contribution < 1.29 is 28.5 Å². The molecular weight excluding hydrogens is 448 g/mol. The zero-order valence-corrected chi connectivity index (χ0v) is 14.5. The van der Waals surface area contributed by atoms with Crippen LogP contribution in [0.2, 0.25) is 0 Å². The molecule has 2 heterocycles. The highest BCUT2D eigenvalue weighted by molar-refractivity contribution is 14.1. The highest BCUT2D eigenvalue weighted by Gasteiger charge is 2.32. The Bertz CT molecular complexity index is 398. The predicted octanol–water partition coefficient (Wildman–Crippen LogP) is -1.09. The molecule has 0 spiro atoms. The van der Waals surface area contributed by atoms with Crippen LogP contribution in [0.4, 0.5) is 5.95 Å². The van der Waals surface area contributed by atoms with Crippen molar-refractivity contribution in [1.29, 1.82) is 0 Å². The Labute approximate surface area is 131 Å². The van der Waals surface area contributed by atoms with E-state index in [4.69, 9.17) is 5.73 Å². The summed E-state index contributed by atoms with van der Waals surface area (Å²) >= 11 is 4.34. The SMILES string of the molecule is CCc1c(C)nc(N)[n+]2c1SCC2CI.[I-]. The average Bonchev–Trinajstić information content (AvgIpc) is 2.62. The second-order valence-corrected chi connectivity index (χ2v) is 5.57. The molecule has 1 aromatic heterocycles. The van der Waals surface area contributed by atoms with E-state index in [-0.39, 0.29) is 24.0 Å². The van der Waals surface area contributed by atoms with Gasteiger partial charge in [0.05, 0.1) is 0 Å². The summed E-state index contributed by atoms with van der Waals surface area (Å²) in [5.41, 5.74) is 8.45. The molecule has 0 bridgehead atoms. The van der Waals surface area contributed by atoms with Crippen molar-refractivity contribution in [2.24, 2.45) is 0 Å². The number of rotatable bonds is 2. The molecule has 3 nitrogen and oxygen atoms in total. The number of alkyl halides is 1. The molecule has 1 atom stereocenters. The summed E-state index contributed by atoms with van der Waals surface area (Å²) in [5, 5.41) is 1.34. The third-order valence-corrected chi connectivity index (χ3v) is 5.04. The minimum absolute atomic E-state index is 0. The lowest BCUT2D eigenvalue weighted by Gasteiger charge is -2.10. The third-order valence-electron chi connectivity index (χ3n) is 2.75. The highest BCUT2D eigenvalue weighted by atomic mass is 127. The Morgan fingerprint density at radius 3 is 2.88 bits per heavy atom. The normalized spacial score (nSPS) is 18.1. The Balaban J connectivity index is 0.00000128. The van der Waals surface area contributed by atoms with Gasteiger partial charge < -0.3 is 24.0 Å². The molecule has 16 heavy (non-hydrogen) atoms. The number of hydrogen-bond donors (Lipinski definition) is 1. The molecule has 2 rings (SSSR count). The Morgan fingerprint density at radius 1 is 1.62 bits per heavy atom. The van der Waals surface area contributed by atoms with E-state index >= 15 is 0 Å². The van der Waals surface area contributed by atoms with Crippen LogP contribution in [0.25, 0.3) is 0 Å². The zero-order valence-electron chi connectivity index (χ0n) is 9.33. The van der Waals surface area contributed by atoms with E-state index in [2.05, 4.69) is 39.1 Å². The molecule has 2 N–H and O–H groups in total. The Hall–Kier alpha value is 0.690. The summed E-state index contributed by atoms with van der Waals surface area (Å²) in [7, 11) is 0.